The molecule has 1 N–H and O–H groups in total. The fourth-order valence-corrected chi connectivity index (χ4v) is 2.79. The lowest BCUT2D eigenvalue weighted by Crippen LogP contribution is -2.56. The van der Waals surface area contributed by atoms with E-state index in [9.17, 15) is 4.79 Å². The van der Waals surface area contributed by atoms with E-state index >= 15 is 0 Å². The maximum absolute atomic E-state index is 12.4. The standard InChI is InChI=1S/C14H24N4O/c1-5-12-9-17(6-7-18(12)10(2)3)14(19)13-8-11(4)15-16-13/h8,10,12H,5-7,9H2,1-4H3,(H,15,16)/t12-/m0/s1. The minimum Gasteiger partial charge on any atom is -0.334 e. The van der Waals surface area contributed by atoms with Crippen molar-refractivity contribution in [3.05, 3.63) is 17.5 Å². The normalized spacial score (nSPS) is 21.1. The monoisotopic (exact) mass is 264 g/mol. The summed E-state index contributed by atoms with van der Waals surface area (Å²) in [6, 6.07) is 2.81. The fraction of sp³-hybridized carbons (Fsp3) is 0.714. The number of amides is 1. The molecule has 0 radical (unpaired) electrons. The third kappa shape index (κ3) is 2.97. The van der Waals surface area contributed by atoms with E-state index in [0.29, 0.717) is 17.8 Å². The molecule has 5 nitrogen and oxygen atoms in total. The summed E-state index contributed by atoms with van der Waals surface area (Å²) in [5, 5.41) is 6.90. The van der Waals surface area contributed by atoms with Gasteiger partial charge in [-0.25, -0.2) is 0 Å². The predicted molar refractivity (Wildman–Crippen MR) is 75.1 cm³/mol. The number of piperazine rings is 1. The topological polar surface area (TPSA) is 52.2 Å². The zero-order chi connectivity index (χ0) is 14.0. The van der Waals surface area contributed by atoms with Crippen molar-refractivity contribution in [3.8, 4) is 0 Å². The highest BCUT2D eigenvalue weighted by molar-refractivity contribution is 5.92. The Morgan fingerprint density at radius 1 is 1.53 bits per heavy atom. The molecule has 106 valence electrons. The van der Waals surface area contributed by atoms with Gasteiger partial charge in [-0.15, -0.1) is 0 Å². The quantitative estimate of drug-likeness (QED) is 0.903. The molecule has 1 aromatic rings. The zero-order valence-electron chi connectivity index (χ0n) is 12.3. The van der Waals surface area contributed by atoms with Gasteiger partial charge in [0.15, 0.2) is 0 Å². The molecule has 1 atom stereocenters. The lowest BCUT2D eigenvalue weighted by molar-refractivity contribution is 0.0367. The van der Waals surface area contributed by atoms with Crippen molar-refractivity contribution < 1.29 is 4.79 Å². The number of hydrogen-bond donors (Lipinski definition) is 1. The maximum atomic E-state index is 12.4. The van der Waals surface area contributed by atoms with Crippen LogP contribution in [0.1, 0.15) is 43.4 Å². The average molecular weight is 264 g/mol. The molecule has 1 saturated heterocycles. The number of H-pyrrole nitrogens is 1. The number of rotatable bonds is 3. The largest absolute Gasteiger partial charge is 0.334 e. The fourth-order valence-electron chi connectivity index (χ4n) is 2.79. The van der Waals surface area contributed by atoms with Crippen LogP contribution in [0.4, 0.5) is 0 Å². The molecule has 2 rings (SSSR count). The molecule has 1 aromatic heterocycles. The van der Waals surface area contributed by atoms with Gasteiger partial charge in [0.25, 0.3) is 5.91 Å². The summed E-state index contributed by atoms with van der Waals surface area (Å²) in [4.78, 5) is 16.8. The molecule has 19 heavy (non-hydrogen) atoms. The Morgan fingerprint density at radius 3 is 2.79 bits per heavy atom. The van der Waals surface area contributed by atoms with E-state index in [1.54, 1.807) is 0 Å². The van der Waals surface area contributed by atoms with Crippen LogP contribution >= 0.6 is 0 Å². The summed E-state index contributed by atoms with van der Waals surface area (Å²) in [6.45, 7) is 11.1. The Bertz CT molecular complexity index is 440. The number of aromatic nitrogens is 2. The highest BCUT2D eigenvalue weighted by atomic mass is 16.2. The first-order valence-corrected chi connectivity index (χ1v) is 7.10. The van der Waals surface area contributed by atoms with E-state index in [0.717, 1.165) is 31.7 Å². The number of nitrogens with one attached hydrogen (secondary N) is 1. The van der Waals surface area contributed by atoms with E-state index in [4.69, 9.17) is 0 Å². The van der Waals surface area contributed by atoms with Crippen molar-refractivity contribution in [2.75, 3.05) is 19.6 Å². The number of aromatic amines is 1. The third-order valence-corrected chi connectivity index (χ3v) is 3.88. The molecule has 1 fully saturated rings. The predicted octanol–water partition coefficient (Wildman–Crippen LogP) is 1.66. The molecule has 0 bridgehead atoms. The number of aryl methyl sites for hydroxylation is 1. The number of hydrogen-bond acceptors (Lipinski definition) is 3. The molecule has 1 aliphatic rings. The first-order chi connectivity index (χ1) is 9.02. The van der Waals surface area contributed by atoms with Crippen molar-refractivity contribution in [1.29, 1.82) is 0 Å². The second kappa shape index (κ2) is 5.74. The minimum absolute atomic E-state index is 0.0474. The second-order valence-electron chi connectivity index (χ2n) is 5.58. The smallest absolute Gasteiger partial charge is 0.274 e. The van der Waals surface area contributed by atoms with Crippen LogP contribution < -0.4 is 0 Å². The molecule has 0 aliphatic carbocycles. The van der Waals surface area contributed by atoms with Crippen LogP contribution in [-0.2, 0) is 0 Å². The lowest BCUT2D eigenvalue weighted by atomic mass is 10.1. The van der Waals surface area contributed by atoms with E-state index in [2.05, 4.69) is 35.9 Å². The molecule has 1 aliphatic heterocycles. The molecule has 0 unspecified atom stereocenters. The molecule has 0 saturated carbocycles. The Hall–Kier alpha value is -1.36. The van der Waals surface area contributed by atoms with E-state index in [-0.39, 0.29) is 5.91 Å². The third-order valence-electron chi connectivity index (χ3n) is 3.88. The summed E-state index contributed by atoms with van der Waals surface area (Å²) in [7, 11) is 0. The Labute approximate surface area is 115 Å². The summed E-state index contributed by atoms with van der Waals surface area (Å²) >= 11 is 0. The van der Waals surface area contributed by atoms with Crippen molar-refractivity contribution in [2.24, 2.45) is 0 Å². The van der Waals surface area contributed by atoms with Crippen LogP contribution in [0.15, 0.2) is 6.07 Å². The Kier molecular flexibility index (Phi) is 4.24. The van der Waals surface area contributed by atoms with Crippen molar-refractivity contribution in [1.82, 2.24) is 20.0 Å². The molecule has 1 amide bonds. The van der Waals surface area contributed by atoms with Gasteiger partial charge >= 0.3 is 0 Å². The lowest BCUT2D eigenvalue weighted by Gasteiger charge is -2.43. The van der Waals surface area contributed by atoms with Crippen LogP contribution in [0, 0.1) is 6.92 Å². The van der Waals surface area contributed by atoms with Gasteiger partial charge in [-0.05, 0) is 33.3 Å². The van der Waals surface area contributed by atoms with Gasteiger partial charge < -0.3 is 4.90 Å². The zero-order valence-corrected chi connectivity index (χ0v) is 12.3. The first kappa shape index (κ1) is 14.1. The van der Waals surface area contributed by atoms with Crippen LogP contribution in [0.3, 0.4) is 0 Å². The second-order valence-corrected chi connectivity index (χ2v) is 5.58. The maximum Gasteiger partial charge on any atom is 0.274 e. The summed E-state index contributed by atoms with van der Waals surface area (Å²) in [6.07, 6.45) is 1.07. The summed E-state index contributed by atoms with van der Waals surface area (Å²) in [5.41, 5.74) is 1.46. The van der Waals surface area contributed by atoms with Gasteiger partial charge in [0.05, 0.1) is 0 Å². The molecule has 2 heterocycles. The number of carbonyl (C=O) groups excluding carboxylic acids is 1. The Balaban J connectivity index is 2.05. The van der Waals surface area contributed by atoms with Crippen LogP contribution in [0.2, 0.25) is 0 Å². The van der Waals surface area contributed by atoms with Crippen LogP contribution in [-0.4, -0.2) is 57.6 Å². The van der Waals surface area contributed by atoms with Gasteiger partial charge in [-0.3, -0.25) is 14.8 Å². The van der Waals surface area contributed by atoms with Crippen LogP contribution in [0.25, 0.3) is 0 Å². The van der Waals surface area contributed by atoms with Gasteiger partial charge in [-0.1, -0.05) is 6.92 Å². The molecule has 0 aromatic carbocycles. The SMILES string of the molecule is CC[C@H]1CN(C(=O)c2cc(C)[nH]n2)CCN1C(C)C. The summed E-state index contributed by atoms with van der Waals surface area (Å²) in [5.74, 6) is 0.0474. The molecule has 5 heteroatoms. The van der Waals surface area contributed by atoms with E-state index in [1.807, 2.05) is 17.9 Å². The van der Waals surface area contributed by atoms with Crippen molar-refractivity contribution in [3.63, 3.8) is 0 Å². The molecule has 0 spiro atoms. The molecular formula is C14H24N4O. The van der Waals surface area contributed by atoms with Crippen molar-refractivity contribution in [2.45, 2.75) is 46.2 Å². The summed E-state index contributed by atoms with van der Waals surface area (Å²) < 4.78 is 0. The molecular weight excluding hydrogens is 240 g/mol. The van der Waals surface area contributed by atoms with Gasteiger partial charge in [-0.2, -0.15) is 5.10 Å². The highest BCUT2D eigenvalue weighted by Gasteiger charge is 2.30. The van der Waals surface area contributed by atoms with Gasteiger partial charge in [0, 0.05) is 37.4 Å². The van der Waals surface area contributed by atoms with E-state index in [1.165, 1.54) is 0 Å². The Morgan fingerprint density at radius 2 is 2.26 bits per heavy atom. The minimum atomic E-state index is 0.0474. The van der Waals surface area contributed by atoms with Gasteiger partial charge in [0.1, 0.15) is 5.69 Å². The van der Waals surface area contributed by atoms with Crippen LogP contribution in [0.5, 0.6) is 0 Å². The average Bonchev–Trinajstić information content (AvgIpc) is 2.83. The van der Waals surface area contributed by atoms with E-state index < -0.39 is 0 Å². The van der Waals surface area contributed by atoms with Crippen molar-refractivity contribution >= 4 is 5.91 Å². The number of nitrogens with zero attached hydrogens (tertiary/aromatic N) is 3. The number of carbonyl (C=O) groups is 1. The highest BCUT2D eigenvalue weighted by Crippen LogP contribution is 2.17. The van der Waals surface area contributed by atoms with Gasteiger partial charge in [0.2, 0.25) is 0 Å². The first-order valence-electron chi connectivity index (χ1n) is 7.10.